The Hall–Kier alpha value is -1.74. The van der Waals surface area contributed by atoms with Crippen LogP contribution in [0.1, 0.15) is 37.9 Å². The minimum Gasteiger partial charge on any atom is -0.305 e. The summed E-state index contributed by atoms with van der Waals surface area (Å²) in [5, 5.41) is 3.45. The maximum atomic E-state index is 13.2. The molecule has 0 fully saturated rings. The molecule has 2 aromatic carbocycles. The fourth-order valence-corrected chi connectivity index (χ4v) is 2.45. The van der Waals surface area contributed by atoms with E-state index in [4.69, 9.17) is 0 Å². The smallest absolute Gasteiger partial charge is 0.123 e. The molecule has 1 atom stereocenters. The molecule has 2 rings (SSSR count). The number of nitrogens with one attached hydrogen (secondary N) is 1. The number of hydrogen-bond donors (Lipinski definition) is 1. The van der Waals surface area contributed by atoms with Gasteiger partial charge in [0.05, 0.1) is 0 Å². The summed E-state index contributed by atoms with van der Waals surface area (Å²) in [5.41, 5.74) is 1.89. The lowest BCUT2D eigenvalue weighted by atomic mass is 9.82. The Morgan fingerprint density at radius 1 is 0.952 bits per heavy atom. The van der Waals surface area contributed by atoms with E-state index in [0.29, 0.717) is 6.54 Å². The minimum atomic E-state index is -0.239. The van der Waals surface area contributed by atoms with Gasteiger partial charge in [-0.15, -0.1) is 0 Å². The van der Waals surface area contributed by atoms with Crippen LogP contribution in [0.5, 0.6) is 0 Å². The van der Waals surface area contributed by atoms with Gasteiger partial charge in [-0.3, -0.25) is 0 Å². The van der Waals surface area contributed by atoms with Gasteiger partial charge in [-0.25, -0.2) is 8.78 Å². The van der Waals surface area contributed by atoms with E-state index in [1.165, 1.54) is 24.3 Å². The molecule has 1 N–H and O–H groups in total. The summed E-state index contributed by atoms with van der Waals surface area (Å²) in [6.07, 6.45) is 0. The highest BCUT2D eigenvalue weighted by atomic mass is 19.1. The van der Waals surface area contributed by atoms with E-state index >= 15 is 0 Å². The first-order valence-electron chi connectivity index (χ1n) is 7.09. The van der Waals surface area contributed by atoms with Gasteiger partial charge in [0.25, 0.3) is 0 Å². The SMILES string of the molecule is CC(C)(C)C(NCc1cccc(F)c1)c1ccc(F)cc1. The van der Waals surface area contributed by atoms with Crippen molar-refractivity contribution in [2.75, 3.05) is 0 Å². The molecule has 0 amide bonds. The average molecular weight is 289 g/mol. The van der Waals surface area contributed by atoms with E-state index in [1.807, 2.05) is 6.07 Å². The molecule has 3 heteroatoms. The predicted octanol–water partition coefficient (Wildman–Crippen LogP) is 4.84. The van der Waals surface area contributed by atoms with E-state index in [9.17, 15) is 8.78 Å². The predicted molar refractivity (Wildman–Crippen MR) is 81.8 cm³/mol. The van der Waals surface area contributed by atoms with Crippen molar-refractivity contribution in [2.45, 2.75) is 33.4 Å². The standard InChI is InChI=1S/C18H21F2N/c1-18(2,3)17(14-7-9-15(19)10-8-14)21-12-13-5-4-6-16(20)11-13/h4-11,17,21H,12H2,1-3H3. The first-order chi connectivity index (χ1) is 9.86. The van der Waals surface area contributed by atoms with Gasteiger partial charge in [-0.05, 0) is 40.8 Å². The summed E-state index contributed by atoms with van der Waals surface area (Å²) in [7, 11) is 0. The summed E-state index contributed by atoms with van der Waals surface area (Å²) in [5.74, 6) is -0.472. The van der Waals surface area contributed by atoms with Crippen LogP contribution in [0.2, 0.25) is 0 Å². The molecule has 0 spiro atoms. The maximum absolute atomic E-state index is 13.2. The summed E-state index contributed by atoms with van der Waals surface area (Å²) in [6, 6.07) is 13.1. The van der Waals surface area contributed by atoms with Crippen LogP contribution in [0.25, 0.3) is 0 Å². The summed E-state index contributed by atoms with van der Waals surface area (Å²) in [4.78, 5) is 0. The van der Waals surface area contributed by atoms with Gasteiger partial charge in [0.1, 0.15) is 11.6 Å². The van der Waals surface area contributed by atoms with E-state index in [0.717, 1.165) is 11.1 Å². The van der Waals surface area contributed by atoms with E-state index in [1.54, 1.807) is 18.2 Å². The Balaban J connectivity index is 2.16. The molecule has 0 bridgehead atoms. The third-order valence-corrected chi connectivity index (χ3v) is 3.47. The number of halogens is 2. The third kappa shape index (κ3) is 4.36. The molecular formula is C18H21F2N. The van der Waals surface area contributed by atoms with Crippen LogP contribution in [0.15, 0.2) is 48.5 Å². The Morgan fingerprint density at radius 2 is 1.62 bits per heavy atom. The van der Waals surface area contributed by atoms with Crippen molar-refractivity contribution in [3.8, 4) is 0 Å². The van der Waals surface area contributed by atoms with E-state index < -0.39 is 0 Å². The fourth-order valence-electron chi connectivity index (χ4n) is 2.45. The van der Waals surface area contributed by atoms with Crippen LogP contribution < -0.4 is 5.32 Å². The Kier molecular flexibility index (Phi) is 4.73. The number of hydrogen-bond acceptors (Lipinski definition) is 1. The van der Waals surface area contributed by atoms with Crippen molar-refractivity contribution in [3.05, 3.63) is 71.3 Å². The Bertz CT molecular complexity index is 585. The van der Waals surface area contributed by atoms with Gasteiger partial charge in [-0.1, -0.05) is 45.0 Å². The van der Waals surface area contributed by atoms with Crippen molar-refractivity contribution in [3.63, 3.8) is 0 Å². The zero-order valence-corrected chi connectivity index (χ0v) is 12.7. The highest BCUT2D eigenvalue weighted by molar-refractivity contribution is 5.23. The van der Waals surface area contributed by atoms with Crippen LogP contribution in [0, 0.1) is 17.0 Å². The molecule has 0 saturated heterocycles. The minimum absolute atomic E-state index is 0.0366. The van der Waals surface area contributed by atoms with Crippen LogP contribution in [0.3, 0.4) is 0 Å². The average Bonchev–Trinajstić information content (AvgIpc) is 2.39. The first kappa shape index (κ1) is 15.6. The zero-order valence-electron chi connectivity index (χ0n) is 12.7. The van der Waals surface area contributed by atoms with Gasteiger partial charge < -0.3 is 5.32 Å². The van der Waals surface area contributed by atoms with E-state index in [2.05, 4.69) is 26.1 Å². The topological polar surface area (TPSA) is 12.0 Å². The molecule has 1 unspecified atom stereocenters. The van der Waals surface area contributed by atoms with Crippen molar-refractivity contribution >= 4 is 0 Å². The quantitative estimate of drug-likeness (QED) is 0.849. The van der Waals surface area contributed by atoms with Gasteiger partial charge >= 0.3 is 0 Å². The monoisotopic (exact) mass is 289 g/mol. The summed E-state index contributed by atoms with van der Waals surface area (Å²) in [6.45, 7) is 6.94. The maximum Gasteiger partial charge on any atom is 0.123 e. The molecular weight excluding hydrogens is 268 g/mol. The Labute approximate surface area is 125 Å². The molecule has 0 heterocycles. The number of benzene rings is 2. The third-order valence-electron chi connectivity index (χ3n) is 3.47. The van der Waals surface area contributed by atoms with Crippen LogP contribution in [-0.4, -0.2) is 0 Å². The second kappa shape index (κ2) is 6.35. The van der Waals surface area contributed by atoms with Crippen LogP contribution in [-0.2, 0) is 6.54 Å². The van der Waals surface area contributed by atoms with Crippen molar-refractivity contribution in [2.24, 2.45) is 5.41 Å². The lowest BCUT2D eigenvalue weighted by Crippen LogP contribution is -2.32. The highest BCUT2D eigenvalue weighted by Gasteiger charge is 2.25. The summed E-state index contributed by atoms with van der Waals surface area (Å²) < 4.78 is 26.3. The highest BCUT2D eigenvalue weighted by Crippen LogP contribution is 2.33. The van der Waals surface area contributed by atoms with Gasteiger partial charge in [0.15, 0.2) is 0 Å². The van der Waals surface area contributed by atoms with E-state index in [-0.39, 0.29) is 23.1 Å². The van der Waals surface area contributed by atoms with Gasteiger partial charge in [0, 0.05) is 12.6 Å². The first-order valence-corrected chi connectivity index (χ1v) is 7.09. The second-order valence-electron chi connectivity index (χ2n) is 6.36. The lowest BCUT2D eigenvalue weighted by Gasteiger charge is -2.32. The van der Waals surface area contributed by atoms with Crippen LogP contribution >= 0.6 is 0 Å². The lowest BCUT2D eigenvalue weighted by molar-refractivity contribution is 0.271. The van der Waals surface area contributed by atoms with Crippen molar-refractivity contribution < 1.29 is 8.78 Å². The normalized spacial score (nSPS) is 13.2. The zero-order chi connectivity index (χ0) is 15.5. The van der Waals surface area contributed by atoms with Gasteiger partial charge in [0.2, 0.25) is 0 Å². The molecule has 0 aliphatic heterocycles. The molecule has 2 aromatic rings. The summed E-state index contributed by atoms with van der Waals surface area (Å²) >= 11 is 0. The molecule has 112 valence electrons. The number of rotatable bonds is 4. The van der Waals surface area contributed by atoms with Crippen molar-refractivity contribution in [1.82, 2.24) is 5.32 Å². The Morgan fingerprint density at radius 3 is 2.19 bits per heavy atom. The molecule has 0 aliphatic rings. The molecule has 0 radical (unpaired) electrons. The molecule has 21 heavy (non-hydrogen) atoms. The largest absolute Gasteiger partial charge is 0.305 e. The molecule has 1 nitrogen and oxygen atoms in total. The van der Waals surface area contributed by atoms with Crippen LogP contribution in [0.4, 0.5) is 8.78 Å². The molecule has 0 saturated carbocycles. The van der Waals surface area contributed by atoms with Crippen molar-refractivity contribution in [1.29, 1.82) is 0 Å². The molecule has 0 aliphatic carbocycles. The van der Waals surface area contributed by atoms with Gasteiger partial charge in [-0.2, -0.15) is 0 Å². The second-order valence-corrected chi connectivity index (χ2v) is 6.36. The molecule has 0 aromatic heterocycles. The fraction of sp³-hybridized carbons (Fsp3) is 0.333.